The first-order chi connectivity index (χ1) is 12.0. The average molecular weight is 360 g/mol. The number of nitrogens with one attached hydrogen (secondary N) is 2. The molecule has 134 valence electrons. The molecule has 0 aromatic heterocycles. The molecule has 25 heavy (non-hydrogen) atoms. The van der Waals surface area contributed by atoms with Gasteiger partial charge in [-0.15, -0.1) is 0 Å². The number of nitrogens with zero attached hydrogens (tertiary/aromatic N) is 2. The van der Waals surface area contributed by atoms with Crippen LogP contribution in [0.25, 0.3) is 0 Å². The normalized spacial score (nSPS) is 16.1. The number of carbonyl (C=O) groups excluding carboxylic acids is 1. The highest BCUT2D eigenvalue weighted by atomic mass is 32.2. The van der Waals surface area contributed by atoms with Gasteiger partial charge in [0.25, 0.3) is 5.91 Å². The van der Waals surface area contributed by atoms with Crippen LogP contribution < -0.4 is 10.0 Å². The molecular weight excluding hydrogens is 336 g/mol. The summed E-state index contributed by atoms with van der Waals surface area (Å²) in [5.41, 5.74) is 4.49. The molecule has 6 nitrogen and oxygen atoms in total. The van der Waals surface area contributed by atoms with Crippen LogP contribution in [-0.4, -0.2) is 34.8 Å². The van der Waals surface area contributed by atoms with Crippen LogP contribution in [0, 0.1) is 0 Å². The van der Waals surface area contributed by atoms with Crippen LogP contribution in [0.3, 0.4) is 0 Å². The number of allylic oxidation sites excluding steroid dienone is 1. The van der Waals surface area contributed by atoms with E-state index in [-0.39, 0.29) is 5.84 Å². The molecule has 1 aliphatic rings. The van der Waals surface area contributed by atoms with Gasteiger partial charge in [-0.2, -0.15) is 5.06 Å². The molecule has 1 amide bonds. The molecule has 1 aromatic carbocycles. The van der Waals surface area contributed by atoms with Gasteiger partial charge in [-0.05, 0) is 32.4 Å². The Balaban J connectivity index is 2.32. The van der Waals surface area contributed by atoms with Gasteiger partial charge in [-0.25, -0.2) is 0 Å². The minimum atomic E-state index is -0.504. The van der Waals surface area contributed by atoms with Gasteiger partial charge in [0, 0.05) is 36.7 Å². The average Bonchev–Trinajstić information content (AvgIpc) is 2.58. The van der Waals surface area contributed by atoms with Crippen molar-refractivity contribution in [3.63, 3.8) is 0 Å². The quantitative estimate of drug-likeness (QED) is 0.536. The molecule has 0 aliphatic carbocycles. The van der Waals surface area contributed by atoms with Crippen LogP contribution in [0.5, 0.6) is 0 Å². The summed E-state index contributed by atoms with van der Waals surface area (Å²) in [7, 11) is 0. The molecule has 0 bridgehead atoms. The Hall–Kier alpha value is -2.25. The van der Waals surface area contributed by atoms with E-state index in [0.717, 1.165) is 22.4 Å². The van der Waals surface area contributed by atoms with Crippen LogP contribution in [0.1, 0.15) is 26.3 Å². The molecule has 0 radical (unpaired) electrons. The number of benzene rings is 1. The first-order valence-corrected chi connectivity index (χ1v) is 9.30. The molecule has 0 unspecified atom stereocenters. The van der Waals surface area contributed by atoms with Crippen LogP contribution >= 0.6 is 11.9 Å². The zero-order valence-electron chi connectivity index (χ0n) is 15.0. The zero-order chi connectivity index (χ0) is 18.4. The van der Waals surface area contributed by atoms with Crippen molar-refractivity contribution in [3.05, 3.63) is 52.7 Å². The Morgan fingerprint density at radius 3 is 2.68 bits per heavy atom. The lowest BCUT2D eigenvalue weighted by atomic mass is 10.0. The van der Waals surface area contributed by atoms with E-state index < -0.39 is 5.91 Å². The Morgan fingerprint density at radius 2 is 2.04 bits per heavy atom. The van der Waals surface area contributed by atoms with E-state index in [1.54, 1.807) is 0 Å². The lowest BCUT2D eigenvalue weighted by Crippen LogP contribution is -2.41. The molecule has 2 rings (SSSR count). The highest BCUT2D eigenvalue weighted by Gasteiger charge is 2.29. The molecule has 3 N–H and O–H groups in total. The number of hydrogen-bond donors (Lipinski definition) is 3. The maximum absolute atomic E-state index is 12.1. The number of rotatable bonds is 6. The lowest BCUT2D eigenvalue weighted by molar-refractivity contribution is -0.143. The van der Waals surface area contributed by atoms with E-state index in [0.29, 0.717) is 23.8 Å². The number of aliphatic imine (C=N–C) groups is 1. The second-order valence-corrected chi connectivity index (χ2v) is 6.31. The minimum Gasteiger partial charge on any atom is -0.380 e. The Labute approximate surface area is 152 Å². The number of para-hydroxylation sites is 1. The van der Waals surface area contributed by atoms with Gasteiger partial charge in [-0.1, -0.05) is 35.7 Å². The van der Waals surface area contributed by atoms with Crippen molar-refractivity contribution in [1.29, 1.82) is 0 Å². The third kappa shape index (κ3) is 4.43. The third-order valence-electron chi connectivity index (χ3n) is 3.68. The Kier molecular flexibility index (Phi) is 6.66. The maximum atomic E-state index is 12.1. The predicted molar refractivity (Wildman–Crippen MR) is 103 cm³/mol. The standard InChI is InChI=1S/C18H24N4O2S/c1-5-19-18-17(12(2)3)15(10-16(23)22(18)24)20-11-13-8-6-7-9-14(13)21-25-4/h6-10,20-21,24H,5,11H2,1-4H3. The van der Waals surface area contributed by atoms with Crippen LogP contribution in [0.15, 0.2) is 52.2 Å². The van der Waals surface area contributed by atoms with Crippen LogP contribution in [0.2, 0.25) is 0 Å². The highest BCUT2D eigenvalue weighted by molar-refractivity contribution is 7.99. The summed E-state index contributed by atoms with van der Waals surface area (Å²) in [6.45, 7) is 6.75. The second-order valence-electron chi connectivity index (χ2n) is 5.70. The molecule has 0 fully saturated rings. The molecule has 1 aromatic rings. The van der Waals surface area contributed by atoms with E-state index in [1.165, 1.54) is 18.0 Å². The summed E-state index contributed by atoms with van der Waals surface area (Å²) in [4.78, 5) is 16.4. The summed E-state index contributed by atoms with van der Waals surface area (Å²) in [6, 6.07) is 7.99. The van der Waals surface area contributed by atoms with Gasteiger partial charge in [-0.3, -0.25) is 15.0 Å². The molecule has 7 heteroatoms. The monoisotopic (exact) mass is 360 g/mol. The fourth-order valence-corrected chi connectivity index (χ4v) is 3.01. The SMILES string of the molecule is CCN=C1C(=C(C)C)C(NCc2ccccc2NSC)=CC(=O)N1O. The number of anilines is 1. The summed E-state index contributed by atoms with van der Waals surface area (Å²) < 4.78 is 3.25. The fraction of sp³-hybridized carbons (Fsp3) is 0.333. The van der Waals surface area contributed by atoms with E-state index in [1.807, 2.05) is 51.3 Å². The van der Waals surface area contributed by atoms with Gasteiger partial charge in [0.2, 0.25) is 0 Å². The van der Waals surface area contributed by atoms with Crippen molar-refractivity contribution in [3.8, 4) is 0 Å². The molecule has 0 saturated heterocycles. The predicted octanol–water partition coefficient (Wildman–Crippen LogP) is 3.34. The van der Waals surface area contributed by atoms with Crippen molar-refractivity contribution < 1.29 is 10.0 Å². The molecule has 1 heterocycles. The van der Waals surface area contributed by atoms with Crippen molar-refractivity contribution in [2.24, 2.45) is 4.99 Å². The highest BCUT2D eigenvalue weighted by Crippen LogP contribution is 2.23. The summed E-state index contributed by atoms with van der Waals surface area (Å²) in [5.74, 6) is -0.219. The number of amidine groups is 1. The van der Waals surface area contributed by atoms with Crippen molar-refractivity contribution >= 4 is 29.4 Å². The molecular formula is C18H24N4O2S. The number of hydroxylamine groups is 2. The van der Waals surface area contributed by atoms with Crippen molar-refractivity contribution in [1.82, 2.24) is 10.4 Å². The second kappa shape index (κ2) is 8.73. The molecule has 0 atom stereocenters. The minimum absolute atomic E-state index is 0.285. The largest absolute Gasteiger partial charge is 0.380 e. The maximum Gasteiger partial charge on any atom is 0.278 e. The lowest BCUT2D eigenvalue weighted by Gasteiger charge is -2.27. The smallest absolute Gasteiger partial charge is 0.278 e. The van der Waals surface area contributed by atoms with E-state index >= 15 is 0 Å². The van der Waals surface area contributed by atoms with Gasteiger partial charge >= 0.3 is 0 Å². The van der Waals surface area contributed by atoms with Gasteiger partial charge in [0.1, 0.15) is 0 Å². The van der Waals surface area contributed by atoms with E-state index in [2.05, 4.69) is 15.0 Å². The molecule has 0 saturated carbocycles. The topological polar surface area (TPSA) is 77.0 Å². The molecule has 1 aliphatic heterocycles. The van der Waals surface area contributed by atoms with Crippen molar-refractivity contribution in [2.45, 2.75) is 27.3 Å². The summed E-state index contributed by atoms with van der Waals surface area (Å²) in [5, 5.41) is 14.0. The van der Waals surface area contributed by atoms with E-state index in [4.69, 9.17) is 0 Å². The van der Waals surface area contributed by atoms with Gasteiger partial charge in [0.05, 0.1) is 5.70 Å². The van der Waals surface area contributed by atoms with E-state index in [9.17, 15) is 10.0 Å². The number of amides is 1. The number of hydrogen-bond acceptors (Lipinski definition) is 6. The first-order valence-electron chi connectivity index (χ1n) is 8.07. The van der Waals surface area contributed by atoms with Crippen LogP contribution in [0.4, 0.5) is 5.69 Å². The zero-order valence-corrected chi connectivity index (χ0v) is 15.8. The number of carbonyl (C=O) groups is 1. The first kappa shape index (κ1) is 19.1. The fourth-order valence-electron chi connectivity index (χ4n) is 2.59. The molecule has 0 spiro atoms. The third-order valence-corrected chi connectivity index (χ3v) is 4.10. The van der Waals surface area contributed by atoms with Gasteiger partial charge < -0.3 is 10.0 Å². The van der Waals surface area contributed by atoms with Crippen molar-refractivity contribution in [2.75, 3.05) is 17.5 Å². The Bertz CT molecular complexity index is 736. The summed E-state index contributed by atoms with van der Waals surface area (Å²) in [6.07, 6.45) is 3.37. The summed E-state index contributed by atoms with van der Waals surface area (Å²) >= 11 is 1.53. The Morgan fingerprint density at radius 1 is 1.32 bits per heavy atom. The van der Waals surface area contributed by atoms with Gasteiger partial charge in [0.15, 0.2) is 5.84 Å². The van der Waals surface area contributed by atoms with Crippen LogP contribution in [-0.2, 0) is 11.3 Å².